The fourth-order valence-corrected chi connectivity index (χ4v) is 1.13. The molecule has 0 fully saturated rings. The SMILES string of the molecule is COc1ccc(C(C)CN)cc1F.O=C(O)C(F)(F)F. The van der Waals surface area contributed by atoms with Gasteiger partial charge in [-0.15, -0.1) is 0 Å². The van der Waals surface area contributed by atoms with Gasteiger partial charge < -0.3 is 15.6 Å². The maximum atomic E-state index is 13.2. The fraction of sp³-hybridized carbons (Fsp3) is 0.417. The Kier molecular flexibility index (Phi) is 6.98. The molecule has 0 bridgehead atoms. The van der Waals surface area contributed by atoms with Gasteiger partial charge in [-0.1, -0.05) is 13.0 Å². The molecule has 1 atom stereocenters. The van der Waals surface area contributed by atoms with E-state index >= 15 is 0 Å². The lowest BCUT2D eigenvalue weighted by Gasteiger charge is -2.10. The Bertz CT molecular complexity index is 449. The van der Waals surface area contributed by atoms with E-state index in [9.17, 15) is 17.6 Å². The first-order chi connectivity index (χ1) is 9.13. The quantitative estimate of drug-likeness (QED) is 0.841. The summed E-state index contributed by atoms with van der Waals surface area (Å²) in [6.45, 7) is 2.48. The Labute approximate surface area is 113 Å². The van der Waals surface area contributed by atoms with Crippen LogP contribution in [0.25, 0.3) is 0 Å². The molecule has 1 aromatic rings. The van der Waals surface area contributed by atoms with E-state index in [1.165, 1.54) is 13.2 Å². The van der Waals surface area contributed by atoms with Crippen molar-refractivity contribution < 1.29 is 32.2 Å². The number of rotatable bonds is 3. The number of benzene rings is 1. The van der Waals surface area contributed by atoms with Crippen molar-refractivity contribution in [2.45, 2.75) is 19.0 Å². The molecule has 0 amide bonds. The summed E-state index contributed by atoms with van der Waals surface area (Å²) in [5, 5.41) is 7.12. The number of methoxy groups -OCH3 is 1. The average molecular weight is 297 g/mol. The average Bonchev–Trinajstić information content (AvgIpc) is 2.37. The second-order valence-corrected chi connectivity index (χ2v) is 3.83. The third-order valence-corrected chi connectivity index (χ3v) is 2.34. The number of carboxylic acid groups (broad SMARTS) is 1. The standard InChI is InChI=1S/C10H14FNO.C2HF3O2/c1-7(6-12)8-3-4-10(13-2)9(11)5-8;3-2(4,5)1(6)7/h3-5,7H,6,12H2,1-2H3;(H,6,7). The van der Waals surface area contributed by atoms with E-state index in [0.29, 0.717) is 6.54 Å². The van der Waals surface area contributed by atoms with Gasteiger partial charge in [0.2, 0.25) is 0 Å². The maximum Gasteiger partial charge on any atom is 0.490 e. The van der Waals surface area contributed by atoms with Gasteiger partial charge in [0.25, 0.3) is 0 Å². The summed E-state index contributed by atoms with van der Waals surface area (Å²) in [4.78, 5) is 8.90. The highest BCUT2D eigenvalue weighted by Crippen LogP contribution is 2.22. The molecular weight excluding hydrogens is 282 g/mol. The Morgan fingerprint density at radius 2 is 1.95 bits per heavy atom. The van der Waals surface area contributed by atoms with Crippen molar-refractivity contribution in [3.05, 3.63) is 29.6 Å². The molecule has 0 aliphatic carbocycles. The summed E-state index contributed by atoms with van der Waals surface area (Å²) in [6.07, 6.45) is -5.08. The zero-order valence-corrected chi connectivity index (χ0v) is 10.9. The molecule has 0 aliphatic rings. The molecule has 0 aliphatic heterocycles. The predicted octanol–water partition coefficient (Wildman–Crippen LogP) is 2.53. The summed E-state index contributed by atoms with van der Waals surface area (Å²) >= 11 is 0. The van der Waals surface area contributed by atoms with Crippen LogP contribution in [-0.4, -0.2) is 30.9 Å². The Balaban J connectivity index is 0.000000441. The normalized spacial score (nSPS) is 12.2. The minimum Gasteiger partial charge on any atom is -0.494 e. The van der Waals surface area contributed by atoms with Crippen LogP contribution >= 0.6 is 0 Å². The lowest BCUT2D eigenvalue weighted by Crippen LogP contribution is -2.21. The summed E-state index contributed by atoms with van der Waals surface area (Å²) in [7, 11) is 1.45. The van der Waals surface area contributed by atoms with E-state index in [0.717, 1.165) is 5.56 Å². The Morgan fingerprint density at radius 3 is 2.25 bits per heavy atom. The van der Waals surface area contributed by atoms with Gasteiger partial charge in [0.05, 0.1) is 7.11 Å². The third-order valence-electron chi connectivity index (χ3n) is 2.34. The molecule has 0 spiro atoms. The Morgan fingerprint density at radius 1 is 1.45 bits per heavy atom. The van der Waals surface area contributed by atoms with Gasteiger partial charge in [0.15, 0.2) is 11.6 Å². The molecule has 0 saturated heterocycles. The molecule has 20 heavy (non-hydrogen) atoms. The number of nitrogens with two attached hydrogens (primary N) is 1. The molecular formula is C12H15F4NO3. The zero-order valence-electron chi connectivity index (χ0n) is 10.9. The van der Waals surface area contributed by atoms with Gasteiger partial charge in [-0.05, 0) is 30.2 Å². The minimum absolute atomic E-state index is 0.181. The van der Waals surface area contributed by atoms with Crippen LogP contribution < -0.4 is 10.5 Å². The van der Waals surface area contributed by atoms with Crippen LogP contribution in [0.2, 0.25) is 0 Å². The molecule has 1 aromatic carbocycles. The minimum atomic E-state index is -5.08. The van der Waals surface area contributed by atoms with Gasteiger partial charge in [0, 0.05) is 0 Å². The van der Waals surface area contributed by atoms with Crippen molar-refractivity contribution >= 4 is 5.97 Å². The van der Waals surface area contributed by atoms with Gasteiger partial charge in [-0.2, -0.15) is 13.2 Å². The number of aliphatic carboxylic acids is 1. The monoisotopic (exact) mass is 297 g/mol. The van der Waals surface area contributed by atoms with Crippen LogP contribution in [0, 0.1) is 5.82 Å². The molecule has 4 nitrogen and oxygen atoms in total. The lowest BCUT2D eigenvalue weighted by molar-refractivity contribution is -0.192. The van der Waals surface area contributed by atoms with Crippen LogP contribution in [-0.2, 0) is 4.79 Å². The molecule has 114 valence electrons. The highest BCUT2D eigenvalue weighted by atomic mass is 19.4. The summed E-state index contributed by atoms with van der Waals surface area (Å²) in [5.74, 6) is -2.64. The Hall–Kier alpha value is -1.83. The number of alkyl halides is 3. The van der Waals surface area contributed by atoms with E-state index in [1.807, 2.05) is 13.0 Å². The molecule has 1 unspecified atom stereocenters. The number of carbonyl (C=O) groups is 1. The van der Waals surface area contributed by atoms with E-state index in [4.69, 9.17) is 20.4 Å². The van der Waals surface area contributed by atoms with E-state index < -0.39 is 12.1 Å². The molecule has 3 N–H and O–H groups in total. The lowest BCUT2D eigenvalue weighted by atomic mass is 10.0. The highest BCUT2D eigenvalue weighted by molar-refractivity contribution is 5.73. The number of halogens is 4. The molecule has 0 heterocycles. The van der Waals surface area contributed by atoms with Crippen molar-refractivity contribution in [2.75, 3.05) is 13.7 Å². The van der Waals surface area contributed by atoms with E-state index in [1.54, 1.807) is 6.07 Å². The third kappa shape index (κ3) is 5.87. The molecule has 0 saturated carbocycles. The van der Waals surface area contributed by atoms with Crippen LogP contribution in [0.1, 0.15) is 18.4 Å². The first-order valence-electron chi connectivity index (χ1n) is 5.47. The van der Waals surface area contributed by atoms with Crippen LogP contribution in [0.4, 0.5) is 17.6 Å². The molecule has 0 radical (unpaired) electrons. The van der Waals surface area contributed by atoms with Gasteiger partial charge in [0.1, 0.15) is 0 Å². The van der Waals surface area contributed by atoms with Gasteiger partial charge in [-0.25, -0.2) is 9.18 Å². The zero-order chi connectivity index (χ0) is 15.9. The summed E-state index contributed by atoms with van der Waals surface area (Å²) in [5.41, 5.74) is 6.37. The second-order valence-electron chi connectivity index (χ2n) is 3.83. The first-order valence-corrected chi connectivity index (χ1v) is 5.47. The van der Waals surface area contributed by atoms with Crippen LogP contribution in [0.5, 0.6) is 5.75 Å². The van der Waals surface area contributed by atoms with Crippen molar-refractivity contribution in [1.82, 2.24) is 0 Å². The van der Waals surface area contributed by atoms with Crippen molar-refractivity contribution in [3.8, 4) is 5.75 Å². The van der Waals surface area contributed by atoms with E-state index in [-0.39, 0.29) is 17.5 Å². The molecule has 8 heteroatoms. The predicted molar refractivity (Wildman–Crippen MR) is 64.1 cm³/mol. The second kappa shape index (κ2) is 7.68. The number of hydrogen-bond donors (Lipinski definition) is 2. The number of hydrogen-bond acceptors (Lipinski definition) is 3. The highest BCUT2D eigenvalue weighted by Gasteiger charge is 2.38. The summed E-state index contributed by atoms with van der Waals surface area (Å²) < 4.78 is 49.7. The number of ether oxygens (including phenoxy) is 1. The van der Waals surface area contributed by atoms with Gasteiger partial charge in [-0.3, -0.25) is 0 Å². The largest absolute Gasteiger partial charge is 0.494 e. The number of carboxylic acids is 1. The molecule has 1 rings (SSSR count). The van der Waals surface area contributed by atoms with Crippen molar-refractivity contribution in [3.63, 3.8) is 0 Å². The smallest absolute Gasteiger partial charge is 0.490 e. The maximum absolute atomic E-state index is 13.2. The fourth-order valence-electron chi connectivity index (χ4n) is 1.13. The topological polar surface area (TPSA) is 72.5 Å². The van der Waals surface area contributed by atoms with E-state index in [2.05, 4.69) is 0 Å². The van der Waals surface area contributed by atoms with Crippen molar-refractivity contribution in [1.29, 1.82) is 0 Å². The van der Waals surface area contributed by atoms with Crippen LogP contribution in [0.15, 0.2) is 18.2 Å². The molecule has 0 aromatic heterocycles. The van der Waals surface area contributed by atoms with Crippen LogP contribution in [0.3, 0.4) is 0 Å². The van der Waals surface area contributed by atoms with Gasteiger partial charge >= 0.3 is 12.1 Å². The summed E-state index contributed by atoms with van der Waals surface area (Å²) in [6, 6.07) is 4.92. The van der Waals surface area contributed by atoms with Crippen molar-refractivity contribution in [2.24, 2.45) is 5.73 Å². The first kappa shape index (κ1) is 18.2.